The van der Waals surface area contributed by atoms with Crippen LogP contribution >= 0.6 is 0 Å². The van der Waals surface area contributed by atoms with E-state index in [1.54, 1.807) is 4.52 Å². The molecule has 0 spiro atoms. The molecule has 0 saturated carbocycles. The molecule has 0 radical (unpaired) electrons. The van der Waals surface area contributed by atoms with E-state index in [1.807, 2.05) is 24.3 Å². The molecule has 0 saturated heterocycles. The van der Waals surface area contributed by atoms with Crippen molar-refractivity contribution in [3.63, 3.8) is 0 Å². The number of nitrogens with zero attached hydrogens (tertiary/aromatic N) is 3. The van der Waals surface area contributed by atoms with Crippen LogP contribution in [0.4, 0.5) is 11.8 Å². The zero-order valence-electron chi connectivity index (χ0n) is 12.2. The third-order valence-electron chi connectivity index (χ3n) is 3.64. The summed E-state index contributed by atoms with van der Waals surface area (Å²) in [6, 6.07) is 16.3. The molecule has 5 nitrogen and oxygen atoms in total. The van der Waals surface area contributed by atoms with Gasteiger partial charge < -0.3 is 11.1 Å². The fourth-order valence-electron chi connectivity index (χ4n) is 2.36. The van der Waals surface area contributed by atoms with Gasteiger partial charge in [-0.3, -0.25) is 0 Å². The summed E-state index contributed by atoms with van der Waals surface area (Å²) in [6.07, 6.45) is 0. The molecule has 0 aliphatic rings. The predicted octanol–water partition coefficient (Wildman–Crippen LogP) is 2.70. The highest BCUT2D eigenvalue weighted by Gasteiger charge is 2.20. The molecule has 3 rings (SSSR count). The predicted molar refractivity (Wildman–Crippen MR) is 85.4 cm³/mol. The first-order valence-corrected chi connectivity index (χ1v) is 6.97. The van der Waals surface area contributed by atoms with E-state index in [9.17, 15) is 0 Å². The number of nitrogen functional groups attached to an aromatic ring is 1. The smallest absolute Gasteiger partial charge is 0.240 e. The summed E-state index contributed by atoms with van der Waals surface area (Å²) in [4.78, 5) is 4.17. The minimum absolute atomic E-state index is 0.00948. The van der Waals surface area contributed by atoms with Gasteiger partial charge in [0.05, 0.1) is 0 Å². The van der Waals surface area contributed by atoms with Gasteiger partial charge in [0.2, 0.25) is 5.95 Å². The minimum atomic E-state index is 0.00948. The van der Waals surface area contributed by atoms with E-state index in [-0.39, 0.29) is 11.4 Å². The largest absolute Gasteiger partial charge is 0.369 e. The second-order valence-corrected chi connectivity index (χ2v) is 5.75. The van der Waals surface area contributed by atoms with E-state index >= 15 is 0 Å². The van der Waals surface area contributed by atoms with E-state index in [4.69, 9.17) is 5.73 Å². The number of pyridine rings is 1. The fourth-order valence-corrected chi connectivity index (χ4v) is 2.36. The van der Waals surface area contributed by atoms with Crippen LogP contribution in [-0.2, 0) is 5.41 Å². The van der Waals surface area contributed by atoms with E-state index in [2.05, 4.69) is 53.5 Å². The summed E-state index contributed by atoms with van der Waals surface area (Å²) in [5, 5.41) is 7.65. The van der Waals surface area contributed by atoms with Gasteiger partial charge in [-0.25, -0.2) is 0 Å². The van der Waals surface area contributed by atoms with Gasteiger partial charge in [0.25, 0.3) is 0 Å². The zero-order valence-corrected chi connectivity index (χ0v) is 12.2. The van der Waals surface area contributed by atoms with Crippen LogP contribution in [0, 0.1) is 0 Å². The molecule has 3 N–H and O–H groups in total. The number of hydrogen-bond acceptors (Lipinski definition) is 4. The lowest BCUT2D eigenvalue weighted by Crippen LogP contribution is -2.28. The average Bonchev–Trinajstić information content (AvgIpc) is 2.87. The van der Waals surface area contributed by atoms with Crippen LogP contribution < -0.4 is 11.1 Å². The molecular formula is C16H19N5. The summed E-state index contributed by atoms with van der Waals surface area (Å²) in [6.45, 7) is 5.21. The van der Waals surface area contributed by atoms with Gasteiger partial charge in [0.1, 0.15) is 5.82 Å². The molecule has 0 aliphatic heterocycles. The lowest BCUT2D eigenvalue weighted by Gasteiger charge is -2.26. The normalized spacial score (nSPS) is 11.7. The third kappa shape index (κ3) is 2.67. The van der Waals surface area contributed by atoms with E-state index < -0.39 is 0 Å². The number of nitrogens with one attached hydrogen (secondary N) is 1. The van der Waals surface area contributed by atoms with Gasteiger partial charge in [-0.15, -0.1) is 5.10 Å². The first-order valence-electron chi connectivity index (χ1n) is 6.97. The Kier molecular flexibility index (Phi) is 3.25. The molecule has 0 aliphatic carbocycles. The summed E-state index contributed by atoms with van der Waals surface area (Å²) >= 11 is 0. The van der Waals surface area contributed by atoms with Crippen molar-refractivity contribution in [2.45, 2.75) is 19.3 Å². The van der Waals surface area contributed by atoms with Crippen LogP contribution in [0.3, 0.4) is 0 Å². The molecule has 2 aromatic heterocycles. The van der Waals surface area contributed by atoms with Crippen molar-refractivity contribution in [3.05, 3.63) is 54.1 Å². The Labute approximate surface area is 123 Å². The van der Waals surface area contributed by atoms with Crippen LogP contribution in [-0.4, -0.2) is 21.1 Å². The number of anilines is 2. The maximum atomic E-state index is 5.66. The number of benzene rings is 1. The lowest BCUT2D eigenvalue weighted by atomic mass is 9.84. The molecule has 0 bridgehead atoms. The average molecular weight is 281 g/mol. The highest BCUT2D eigenvalue weighted by Crippen LogP contribution is 2.23. The second-order valence-electron chi connectivity index (χ2n) is 5.75. The molecule has 0 amide bonds. The molecule has 0 atom stereocenters. The quantitative estimate of drug-likeness (QED) is 0.771. The molecule has 21 heavy (non-hydrogen) atoms. The molecular weight excluding hydrogens is 262 g/mol. The zero-order chi connectivity index (χ0) is 14.9. The van der Waals surface area contributed by atoms with Crippen LogP contribution in [0.25, 0.3) is 5.65 Å². The Bertz CT molecular complexity index is 746. The van der Waals surface area contributed by atoms with Crippen molar-refractivity contribution >= 4 is 17.4 Å². The van der Waals surface area contributed by atoms with Crippen molar-refractivity contribution in [3.8, 4) is 0 Å². The van der Waals surface area contributed by atoms with Crippen molar-refractivity contribution in [1.29, 1.82) is 0 Å². The van der Waals surface area contributed by atoms with Crippen LogP contribution in [0.1, 0.15) is 19.4 Å². The molecule has 5 heteroatoms. The SMILES string of the molecule is CC(C)(CNc1cccc2nc(N)nn12)c1ccccc1. The highest BCUT2D eigenvalue weighted by molar-refractivity contribution is 5.51. The molecule has 1 aromatic carbocycles. The van der Waals surface area contributed by atoms with Gasteiger partial charge in [0.15, 0.2) is 5.65 Å². The Morgan fingerprint density at radius 1 is 1.10 bits per heavy atom. The van der Waals surface area contributed by atoms with Gasteiger partial charge >= 0.3 is 0 Å². The maximum Gasteiger partial charge on any atom is 0.240 e. The van der Waals surface area contributed by atoms with Crippen molar-refractivity contribution < 1.29 is 0 Å². The minimum Gasteiger partial charge on any atom is -0.369 e. The highest BCUT2D eigenvalue weighted by atomic mass is 15.4. The number of aromatic nitrogens is 3. The standard InChI is InChI=1S/C16H19N5/c1-16(2,12-7-4-3-5-8-12)11-18-13-9-6-10-14-19-15(17)20-21(13)14/h3-10,18H,11H2,1-2H3,(H2,17,20). The first-order chi connectivity index (χ1) is 10.1. The maximum absolute atomic E-state index is 5.66. The van der Waals surface area contributed by atoms with Gasteiger partial charge in [-0.05, 0) is 17.7 Å². The Hall–Kier alpha value is -2.56. The Morgan fingerprint density at radius 3 is 2.62 bits per heavy atom. The number of hydrogen-bond donors (Lipinski definition) is 2. The third-order valence-corrected chi connectivity index (χ3v) is 3.64. The lowest BCUT2D eigenvalue weighted by molar-refractivity contribution is 0.555. The van der Waals surface area contributed by atoms with E-state index in [0.29, 0.717) is 0 Å². The number of rotatable bonds is 4. The second kappa shape index (κ2) is 5.09. The van der Waals surface area contributed by atoms with Crippen molar-refractivity contribution in [2.75, 3.05) is 17.6 Å². The first kappa shape index (κ1) is 13.4. The summed E-state index contributed by atoms with van der Waals surface area (Å²) in [5.41, 5.74) is 7.71. The van der Waals surface area contributed by atoms with Gasteiger partial charge in [-0.2, -0.15) is 9.50 Å². The van der Waals surface area contributed by atoms with Crippen LogP contribution in [0.5, 0.6) is 0 Å². The molecule has 0 fully saturated rings. The van der Waals surface area contributed by atoms with Gasteiger partial charge in [0, 0.05) is 12.0 Å². The topological polar surface area (TPSA) is 68.2 Å². The Morgan fingerprint density at radius 2 is 1.86 bits per heavy atom. The van der Waals surface area contributed by atoms with Gasteiger partial charge in [-0.1, -0.05) is 50.2 Å². The molecule has 2 heterocycles. The molecule has 108 valence electrons. The van der Waals surface area contributed by atoms with Crippen molar-refractivity contribution in [2.24, 2.45) is 0 Å². The molecule has 0 unspecified atom stereocenters. The molecule has 3 aromatic rings. The summed E-state index contributed by atoms with van der Waals surface area (Å²) in [5.74, 6) is 1.17. The van der Waals surface area contributed by atoms with Crippen LogP contribution in [0.2, 0.25) is 0 Å². The summed E-state index contributed by atoms with van der Waals surface area (Å²) in [7, 11) is 0. The number of fused-ring (bicyclic) bond motifs is 1. The van der Waals surface area contributed by atoms with E-state index in [1.165, 1.54) is 5.56 Å². The summed E-state index contributed by atoms with van der Waals surface area (Å²) < 4.78 is 1.73. The van der Waals surface area contributed by atoms with Crippen molar-refractivity contribution in [1.82, 2.24) is 14.6 Å². The monoisotopic (exact) mass is 281 g/mol. The fraction of sp³-hybridized carbons (Fsp3) is 0.250. The Balaban J connectivity index is 1.83. The number of nitrogens with two attached hydrogens (primary N) is 1. The van der Waals surface area contributed by atoms with Crippen LogP contribution in [0.15, 0.2) is 48.5 Å². The van der Waals surface area contributed by atoms with E-state index in [0.717, 1.165) is 18.0 Å².